The maximum atomic E-state index is 11.9. The zero-order valence-corrected chi connectivity index (χ0v) is 10.3. The van der Waals surface area contributed by atoms with Crippen LogP contribution in [-0.2, 0) is 4.79 Å². The minimum atomic E-state index is -0.377. The van der Waals surface area contributed by atoms with Crippen molar-refractivity contribution in [3.63, 3.8) is 0 Å². The minimum absolute atomic E-state index is 0.369. The molecule has 0 N–H and O–H groups in total. The van der Waals surface area contributed by atoms with E-state index in [0.717, 1.165) is 18.5 Å². The summed E-state index contributed by atoms with van der Waals surface area (Å²) in [5, 5.41) is 0. The summed E-state index contributed by atoms with van der Waals surface area (Å²) < 4.78 is 0. The Hall–Kier alpha value is -1.64. The number of nitrogens with zero attached hydrogens (tertiary/aromatic N) is 1. The number of carbonyl (C=O) groups is 2. The first-order chi connectivity index (χ1) is 8.19. The molecule has 1 aliphatic rings. The van der Waals surface area contributed by atoms with E-state index in [9.17, 15) is 9.59 Å². The van der Waals surface area contributed by atoms with E-state index in [1.165, 1.54) is 0 Å². The molecule has 1 heterocycles. The molecule has 1 aromatic rings. The topological polar surface area (TPSA) is 37.4 Å². The van der Waals surface area contributed by atoms with Crippen molar-refractivity contribution in [3.05, 3.63) is 29.8 Å². The molecule has 0 radical (unpaired) electrons. The van der Waals surface area contributed by atoms with Crippen LogP contribution < -0.4 is 4.90 Å². The lowest BCUT2D eigenvalue weighted by molar-refractivity contribution is -0.114. The van der Waals surface area contributed by atoms with Crippen LogP contribution in [-0.4, -0.2) is 18.2 Å². The largest absolute Gasteiger partial charge is 0.304 e. The van der Waals surface area contributed by atoms with Crippen LogP contribution in [0.25, 0.3) is 0 Å². The van der Waals surface area contributed by atoms with E-state index in [4.69, 9.17) is 0 Å². The molecule has 0 atom stereocenters. The fourth-order valence-corrected chi connectivity index (χ4v) is 2.23. The average molecular weight is 231 g/mol. The highest BCUT2D eigenvalue weighted by Crippen LogP contribution is 2.29. The van der Waals surface area contributed by atoms with Gasteiger partial charge < -0.3 is 4.90 Å². The van der Waals surface area contributed by atoms with Gasteiger partial charge in [-0.1, -0.05) is 38.8 Å². The zero-order chi connectivity index (χ0) is 12.4. The Morgan fingerprint density at radius 3 is 2.41 bits per heavy atom. The Bertz CT molecular complexity index is 449. The van der Waals surface area contributed by atoms with Crippen LogP contribution >= 0.6 is 0 Å². The molecule has 0 fully saturated rings. The van der Waals surface area contributed by atoms with Gasteiger partial charge in [0, 0.05) is 6.54 Å². The summed E-state index contributed by atoms with van der Waals surface area (Å²) in [4.78, 5) is 25.3. The van der Waals surface area contributed by atoms with Crippen LogP contribution in [0.5, 0.6) is 0 Å². The van der Waals surface area contributed by atoms with Gasteiger partial charge in [0.25, 0.3) is 11.7 Å². The number of ketones is 1. The van der Waals surface area contributed by atoms with Crippen molar-refractivity contribution in [2.75, 3.05) is 11.4 Å². The Morgan fingerprint density at radius 2 is 1.76 bits per heavy atom. The summed E-state index contributed by atoms with van der Waals surface area (Å²) in [5.41, 5.74) is 1.32. The van der Waals surface area contributed by atoms with E-state index >= 15 is 0 Å². The van der Waals surface area contributed by atoms with Crippen LogP contribution in [0, 0.1) is 5.92 Å². The molecule has 0 saturated heterocycles. The van der Waals surface area contributed by atoms with Crippen LogP contribution in [0.1, 0.15) is 37.0 Å². The van der Waals surface area contributed by atoms with Gasteiger partial charge in [0.05, 0.1) is 11.3 Å². The normalized spacial score (nSPS) is 14.6. The minimum Gasteiger partial charge on any atom is -0.304 e. The second kappa shape index (κ2) is 4.70. The van der Waals surface area contributed by atoms with Crippen LogP contribution in [0.15, 0.2) is 24.3 Å². The SMILES string of the molecule is CCC(CC)CN1C(=O)C(=O)c2ccccc21. The van der Waals surface area contributed by atoms with E-state index in [2.05, 4.69) is 13.8 Å². The smallest absolute Gasteiger partial charge is 0.299 e. The molecule has 0 unspecified atom stereocenters. The van der Waals surface area contributed by atoms with Gasteiger partial charge in [-0.3, -0.25) is 9.59 Å². The predicted molar refractivity (Wildman–Crippen MR) is 67.2 cm³/mol. The predicted octanol–water partition coefficient (Wildman–Crippen LogP) is 2.65. The van der Waals surface area contributed by atoms with Crippen molar-refractivity contribution in [3.8, 4) is 0 Å². The van der Waals surface area contributed by atoms with E-state index < -0.39 is 0 Å². The second-order valence-corrected chi connectivity index (χ2v) is 4.44. The van der Waals surface area contributed by atoms with Crippen molar-refractivity contribution in [2.24, 2.45) is 5.92 Å². The molecule has 0 spiro atoms. The lowest BCUT2D eigenvalue weighted by atomic mass is 10.0. The van der Waals surface area contributed by atoms with Gasteiger partial charge >= 0.3 is 0 Å². The number of hydrogen-bond donors (Lipinski definition) is 0. The summed E-state index contributed by atoms with van der Waals surface area (Å²) >= 11 is 0. The van der Waals surface area contributed by atoms with Crippen molar-refractivity contribution in [1.29, 1.82) is 0 Å². The van der Waals surface area contributed by atoms with E-state index in [1.807, 2.05) is 12.1 Å². The first kappa shape index (κ1) is 11.8. The Kier molecular flexibility index (Phi) is 3.27. The number of para-hydroxylation sites is 1. The standard InChI is InChI=1S/C14H17NO2/c1-3-10(4-2)9-15-12-8-6-5-7-11(12)13(16)14(15)17/h5-8,10H,3-4,9H2,1-2H3. The maximum Gasteiger partial charge on any atom is 0.299 e. The number of Topliss-reactive ketones (excluding diaryl/α,β-unsaturated/α-hetero) is 1. The molecule has 1 amide bonds. The third-order valence-corrected chi connectivity index (χ3v) is 3.47. The molecule has 2 rings (SSSR count). The third kappa shape index (κ3) is 1.97. The number of fused-ring (bicyclic) bond motifs is 1. The Morgan fingerprint density at radius 1 is 1.12 bits per heavy atom. The summed E-state index contributed by atoms with van der Waals surface area (Å²) in [6.07, 6.45) is 2.05. The van der Waals surface area contributed by atoms with Crippen molar-refractivity contribution >= 4 is 17.4 Å². The molecule has 0 aliphatic carbocycles. The average Bonchev–Trinajstić information content (AvgIpc) is 2.61. The number of hydrogen-bond acceptors (Lipinski definition) is 2. The highest BCUT2D eigenvalue weighted by atomic mass is 16.2. The van der Waals surface area contributed by atoms with Crippen molar-refractivity contribution < 1.29 is 9.59 Å². The van der Waals surface area contributed by atoms with Crippen molar-refractivity contribution in [1.82, 2.24) is 0 Å². The summed E-state index contributed by atoms with van der Waals surface area (Å²) in [5.74, 6) is -0.289. The summed E-state index contributed by atoms with van der Waals surface area (Å²) in [6, 6.07) is 7.23. The molecule has 3 nitrogen and oxygen atoms in total. The maximum absolute atomic E-state index is 11.9. The monoisotopic (exact) mass is 231 g/mol. The van der Waals surface area contributed by atoms with Gasteiger partial charge in [-0.05, 0) is 18.1 Å². The Labute approximate surface area is 101 Å². The number of rotatable bonds is 4. The number of carbonyl (C=O) groups excluding carboxylic acids is 2. The molecule has 0 aromatic heterocycles. The van der Waals surface area contributed by atoms with Gasteiger partial charge in [0.1, 0.15) is 0 Å². The van der Waals surface area contributed by atoms with Gasteiger partial charge in [-0.2, -0.15) is 0 Å². The van der Waals surface area contributed by atoms with Crippen LogP contribution in [0.2, 0.25) is 0 Å². The third-order valence-electron chi connectivity index (χ3n) is 3.47. The van der Waals surface area contributed by atoms with E-state index in [1.54, 1.807) is 17.0 Å². The molecular weight excluding hydrogens is 214 g/mol. The first-order valence-corrected chi connectivity index (χ1v) is 6.14. The van der Waals surface area contributed by atoms with Gasteiger partial charge in [-0.15, -0.1) is 0 Å². The highest BCUT2D eigenvalue weighted by molar-refractivity contribution is 6.52. The number of anilines is 1. The Balaban J connectivity index is 2.30. The molecule has 90 valence electrons. The first-order valence-electron chi connectivity index (χ1n) is 6.14. The molecular formula is C14H17NO2. The lowest BCUT2D eigenvalue weighted by Gasteiger charge is -2.21. The van der Waals surface area contributed by atoms with E-state index in [-0.39, 0.29) is 11.7 Å². The highest BCUT2D eigenvalue weighted by Gasteiger charge is 2.35. The molecule has 3 heteroatoms. The molecule has 1 aromatic carbocycles. The lowest BCUT2D eigenvalue weighted by Crippen LogP contribution is -2.34. The molecule has 0 bridgehead atoms. The van der Waals surface area contributed by atoms with Gasteiger partial charge in [0.15, 0.2) is 0 Å². The fourth-order valence-electron chi connectivity index (χ4n) is 2.23. The number of amides is 1. The zero-order valence-electron chi connectivity index (χ0n) is 10.3. The quantitative estimate of drug-likeness (QED) is 0.747. The molecule has 0 saturated carbocycles. The van der Waals surface area contributed by atoms with Crippen LogP contribution in [0.4, 0.5) is 5.69 Å². The second-order valence-electron chi connectivity index (χ2n) is 4.44. The number of benzene rings is 1. The van der Waals surface area contributed by atoms with Crippen molar-refractivity contribution in [2.45, 2.75) is 26.7 Å². The van der Waals surface area contributed by atoms with E-state index in [0.29, 0.717) is 18.0 Å². The van der Waals surface area contributed by atoms with Crippen LogP contribution in [0.3, 0.4) is 0 Å². The molecule has 17 heavy (non-hydrogen) atoms. The molecule has 1 aliphatic heterocycles. The van der Waals surface area contributed by atoms with Gasteiger partial charge in [-0.25, -0.2) is 0 Å². The van der Waals surface area contributed by atoms with Gasteiger partial charge in [0.2, 0.25) is 0 Å². The summed E-state index contributed by atoms with van der Waals surface area (Å²) in [7, 11) is 0. The summed E-state index contributed by atoms with van der Waals surface area (Å²) in [6.45, 7) is 4.87. The fraction of sp³-hybridized carbons (Fsp3) is 0.429.